The Kier molecular flexibility index (Phi) is 3.00. The van der Waals surface area contributed by atoms with Crippen LogP contribution in [0.4, 0.5) is 4.79 Å². The largest absolute Gasteiger partial charge is 0.329 e. The van der Waals surface area contributed by atoms with Gasteiger partial charge >= 0.3 is 6.03 Å². The van der Waals surface area contributed by atoms with Crippen molar-refractivity contribution in [2.75, 3.05) is 6.54 Å². The van der Waals surface area contributed by atoms with Crippen molar-refractivity contribution in [1.29, 1.82) is 0 Å². The van der Waals surface area contributed by atoms with Gasteiger partial charge in [0.15, 0.2) is 0 Å². The average molecular weight is 313 g/mol. The summed E-state index contributed by atoms with van der Waals surface area (Å²) in [6, 6.07) is 7.96. The molecule has 22 heavy (non-hydrogen) atoms. The SMILES string of the molecule is Cc1ccc(-c2ccc([C@H]3C[C@@H]3N3C(=O)CNC3=O)cn2)s1. The number of carbonyl (C=O) groups excluding carboxylic acids is 2. The first-order valence-corrected chi connectivity index (χ1v) is 8.08. The molecular weight excluding hydrogens is 298 g/mol. The lowest BCUT2D eigenvalue weighted by Crippen LogP contribution is -2.33. The first-order chi connectivity index (χ1) is 10.6. The summed E-state index contributed by atoms with van der Waals surface area (Å²) in [6.45, 7) is 2.20. The maximum Gasteiger partial charge on any atom is 0.324 e. The molecule has 1 saturated carbocycles. The van der Waals surface area contributed by atoms with Gasteiger partial charge in [0.05, 0.1) is 17.1 Å². The number of rotatable bonds is 3. The van der Waals surface area contributed by atoms with Crippen molar-refractivity contribution >= 4 is 23.3 Å². The Balaban J connectivity index is 1.51. The molecule has 1 aliphatic heterocycles. The molecule has 1 N–H and O–H groups in total. The molecule has 112 valence electrons. The maximum atomic E-state index is 11.7. The molecule has 6 heteroatoms. The van der Waals surface area contributed by atoms with Gasteiger partial charge in [-0.3, -0.25) is 14.7 Å². The molecule has 0 radical (unpaired) electrons. The van der Waals surface area contributed by atoms with E-state index < -0.39 is 0 Å². The predicted molar refractivity (Wildman–Crippen MR) is 83.7 cm³/mol. The number of amides is 3. The van der Waals surface area contributed by atoms with Gasteiger partial charge in [0, 0.05) is 23.0 Å². The summed E-state index contributed by atoms with van der Waals surface area (Å²) >= 11 is 1.72. The van der Waals surface area contributed by atoms with E-state index >= 15 is 0 Å². The van der Waals surface area contributed by atoms with Gasteiger partial charge in [-0.25, -0.2) is 4.79 Å². The van der Waals surface area contributed by atoms with Crippen LogP contribution >= 0.6 is 11.3 Å². The van der Waals surface area contributed by atoms with E-state index in [4.69, 9.17) is 0 Å². The normalized spacial score (nSPS) is 23.8. The van der Waals surface area contributed by atoms with Crippen LogP contribution in [0.3, 0.4) is 0 Å². The second kappa shape index (κ2) is 4.91. The molecule has 1 saturated heterocycles. The lowest BCUT2D eigenvalue weighted by atomic mass is 10.1. The fraction of sp³-hybridized carbons (Fsp3) is 0.312. The summed E-state index contributed by atoms with van der Waals surface area (Å²) in [6.07, 6.45) is 2.70. The topological polar surface area (TPSA) is 62.3 Å². The lowest BCUT2D eigenvalue weighted by Gasteiger charge is -2.11. The van der Waals surface area contributed by atoms with E-state index in [1.807, 2.05) is 12.3 Å². The Hall–Kier alpha value is -2.21. The summed E-state index contributed by atoms with van der Waals surface area (Å²) in [5.41, 5.74) is 2.06. The molecule has 0 spiro atoms. The van der Waals surface area contributed by atoms with Crippen LogP contribution in [0.25, 0.3) is 10.6 Å². The van der Waals surface area contributed by atoms with Gasteiger partial charge in [0.1, 0.15) is 0 Å². The van der Waals surface area contributed by atoms with Gasteiger partial charge < -0.3 is 5.32 Å². The fourth-order valence-corrected chi connectivity index (χ4v) is 3.78. The molecule has 2 atom stereocenters. The van der Waals surface area contributed by atoms with E-state index in [0.717, 1.165) is 22.6 Å². The molecule has 3 amide bonds. The fourth-order valence-electron chi connectivity index (χ4n) is 2.94. The third kappa shape index (κ3) is 2.20. The predicted octanol–water partition coefficient (Wildman–Crippen LogP) is 2.53. The molecule has 2 aliphatic rings. The van der Waals surface area contributed by atoms with Crippen molar-refractivity contribution in [2.45, 2.75) is 25.3 Å². The van der Waals surface area contributed by atoms with Gasteiger partial charge in [-0.15, -0.1) is 11.3 Å². The summed E-state index contributed by atoms with van der Waals surface area (Å²) in [5.74, 6) is 0.0931. The third-order valence-electron chi connectivity index (χ3n) is 4.17. The zero-order valence-corrected chi connectivity index (χ0v) is 12.9. The van der Waals surface area contributed by atoms with Crippen LogP contribution in [0.15, 0.2) is 30.5 Å². The highest BCUT2D eigenvalue weighted by Crippen LogP contribution is 2.45. The van der Waals surface area contributed by atoms with Crippen molar-refractivity contribution in [3.63, 3.8) is 0 Å². The number of nitrogens with zero attached hydrogens (tertiary/aromatic N) is 2. The monoisotopic (exact) mass is 313 g/mol. The van der Waals surface area contributed by atoms with Crippen LogP contribution < -0.4 is 5.32 Å². The van der Waals surface area contributed by atoms with E-state index in [1.165, 1.54) is 9.78 Å². The van der Waals surface area contributed by atoms with Gasteiger partial charge in [-0.05, 0) is 37.1 Å². The smallest absolute Gasteiger partial charge is 0.324 e. The van der Waals surface area contributed by atoms with Crippen molar-refractivity contribution in [3.05, 3.63) is 40.9 Å². The minimum absolute atomic E-state index is 0.00775. The Morgan fingerprint density at radius 1 is 1.27 bits per heavy atom. The first kappa shape index (κ1) is 13.5. The number of imide groups is 1. The molecule has 5 nitrogen and oxygen atoms in total. The van der Waals surface area contributed by atoms with Gasteiger partial charge in [0.25, 0.3) is 0 Å². The Bertz CT molecular complexity index is 737. The van der Waals surface area contributed by atoms with Gasteiger partial charge in [-0.2, -0.15) is 0 Å². The van der Waals surface area contributed by atoms with Crippen molar-refractivity contribution in [1.82, 2.24) is 15.2 Å². The highest BCUT2D eigenvalue weighted by atomic mass is 32.1. The molecule has 2 fully saturated rings. The highest BCUT2D eigenvalue weighted by molar-refractivity contribution is 7.15. The number of carbonyl (C=O) groups is 2. The average Bonchev–Trinajstić information content (AvgIpc) is 3.05. The Morgan fingerprint density at radius 2 is 2.14 bits per heavy atom. The second-order valence-electron chi connectivity index (χ2n) is 5.72. The summed E-state index contributed by atoms with van der Waals surface area (Å²) in [4.78, 5) is 31.7. The number of hydrogen-bond acceptors (Lipinski definition) is 4. The van der Waals surface area contributed by atoms with E-state index in [-0.39, 0.29) is 30.4 Å². The number of hydrogen-bond donors (Lipinski definition) is 1. The molecule has 1 aliphatic carbocycles. The number of thiophene rings is 1. The van der Waals surface area contributed by atoms with Crippen LogP contribution in [0.2, 0.25) is 0 Å². The Morgan fingerprint density at radius 3 is 2.73 bits per heavy atom. The highest BCUT2D eigenvalue weighted by Gasteiger charge is 2.49. The molecule has 0 bridgehead atoms. The summed E-state index contributed by atoms with van der Waals surface area (Å²) in [7, 11) is 0. The minimum Gasteiger partial charge on any atom is -0.329 e. The maximum absolute atomic E-state index is 11.7. The minimum atomic E-state index is -0.267. The zero-order chi connectivity index (χ0) is 15.3. The third-order valence-corrected chi connectivity index (χ3v) is 5.20. The standard InChI is InChI=1S/C16H15N3O2S/c1-9-2-5-14(22-9)12-4-3-10(7-17-12)11-6-13(11)19-15(20)8-18-16(19)21/h2-5,7,11,13H,6,8H2,1H3,(H,18,21)/t11-,13+/m1/s1. The summed E-state index contributed by atoms with van der Waals surface area (Å²) < 4.78 is 0. The summed E-state index contributed by atoms with van der Waals surface area (Å²) in [5, 5.41) is 2.57. The number of urea groups is 1. The van der Waals surface area contributed by atoms with Crippen LogP contribution in [0.1, 0.15) is 22.8 Å². The van der Waals surface area contributed by atoms with Crippen LogP contribution in [-0.2, 0) is 4.79 Å². The molecule has 4 rings (SSSR count). The molecule has 0 aromatic carbocycles. The van der Waals surface area contributed by atoms with E-state index in [0.29, 0.717) is 0 Å². The molecule has 2 aromatic rings. The van der Waals surface area contributed by atoms with Crippen LogP contribution in [0, 0.1) is 6.92 Å². The Labute approximate surface area is 132 Å². The number of nitrogens with one attached hydrogen (secondary N) is 1. The van der Waals surface area contributed by atoms with E-state index in [1.54, 1.807) is 11.3 Å². The zero-order valence-electron chi connectivity index (χ0n) is 12.1. The van der Waals surface area contributed by atoms with Crippen LogP contribution in [0.5, 0.6) is 0 Å². The van der Waals surface area contributed by atoms with Crippen molar-refractivity contribution in [2.24, 2.45) is 0 Å². The van der Waals surface area contributed by atoms with Crippen LogP contribution in [-0.4, -0.2) is 34.4 Å². The number of pyridine rings is 1. The lowest BCUT2D eigenvalue weighted by molar-refractivity contribution is -0.125. The second-order valence-corrected chi connectivity index (χ2v) is 7.01. The van der Waals surface area contributed by atoms with Crippen molar-refractivity contribution in [3.8, 4) is 10.6 Å². The molecule has 3 heterocycles. The number of aromatic nitrogens is 1. The van der Waals surface area contributed by atoms with Gasteiger partial charge in [0.2, 0.25) is 5.91 Å². The first-order valence-electron chi connectivity index (χ1n) is 7.26. The quantitative estimate of drug-likeness (QED) is 0.886. The molecule has 2 aromatic heterocycles. The number of aryl methyl sites for hydroxylation is 1. The van der Waals surface area contributed by atoms with E-state index in [9.17, 15) is 9.59 Å². The van der Waals surface area contributed by atoms with E-state index in [2.05, 4.69) is 35.4 Å². The van der Waals surface area contributed by atoms with Crippen molar-refractivity contribution < 1.29 is 9.59 Å². The molecule has 0 unspecified atom stereocenters. The molecular formula is C16H15N3O2S. The van der Waals surface area contributed by atoms with Gasteiger partial charge in [-0.1, -0.05) is 6.07 Å².